The normalized spacial score (nSPS) is 11.3. The van der Waals surface area contributed by atoms with Crippen molar-refractivity contribution in [1.29, 1.82) is 0 Å². The van der Waals surface area contributed by atoms with Crippen LogP contribution in [0, 0.1) is 0 Å². The van der Waals surface area contributed by atoms with Crippen LogP contribution in [0.2, 0.25) is 0 Å². The van der Waals surface area contributed by atoms with Gasteiger partial charge in [0.2, 0.25) is 0 Å². The number of rotatable bonds is 5. The first kappa shape index (κ1) is 13.9. The van der Waals surface area contributed by atoms with Crippen molar-refractivity contribution >= 4 is 11.7 Å². The quantitative estimate of drug-likeness (QED) is 0.364. The van der Waals surface area contributed by atoms with Gasteiger partial charge in [0.05, 0.1) is 13.7 Å². The van der Waals surface area contributed by atoms with Crippen LogP contribution in [0.5, 0.6) is 5.75 Å². The van der Waals surface area contributed by atoms with Crippen molar-refractivity contribution in [2.24, 2.45) is 0 Å². The molecule has 1 atom stereocenters. The summed E-state index contributed by atoms with van der Waals surface area (Å²) in [7, 11) is 1.48. The summed E-state index contributed by atoms with van der Waals surface area (Å²) < 4.78 is 9.67. The Morgan fingerprint density at radius 1 is 1.56 bits per heavy atom. The van der Waals surface area contributed by atoms with E-state index in [1.165, 1.54) is 13.2 Å². The summed E-state index contributed by atoms with van der Waals surface area (Å²) in [5, 5.41) is 9.95. The molecule has 0 bridgehead atoms. The lowest BCUT2D eigenvalue weighted by Gasteiger charge is -2.07. The zero-order valence-electron chi connectivity index (χ0n) is 10.2. The minimum Gasteiger partial charge on any atom is -0.497 e. The number of carbonyl (C=O) groups excluding carboxylic acids is 1. The molecule has 18 heavy (non-hydrogen) atoms. The molecule has 0 aliphatic heterocycles. The molecule has 0 radical (unpaired) electrons. The molecule has 1 unspecified atom stereocenters. The fraction of sp³-hybridized carbons (Fsp3) is 0.333. The molecule has 1 rings (SSSR count). The number of methoxy groups -OCH3 is 1. The minimum absolute atomic E-state index is 0.128. The third-order valence-electron chi connectivity index (χ3n) is 2.26. The topological polar surface area (TPSA) is 92.2 Å². The molecule has 0 saturated heterocycles. The van der Waals surface area contributed by atoms with Crippen LogP contribution in [-0.4, -0.2) is 35.3 Å². The highest BCUT2D eigenvalue weighted by Crippen LogP contribution is 2.20. The number of hydrogen-bond donors (Lipinski definition) is 1. The number of aliphatic hydroxyl groups excluding tert-OH is 1. The number of benzene rings is 1. The Hall–Kier alpha value is -2.17. The minimum atomic E-state index is -1.37. The maximum atomic E-state index is 11.4. The number of hydrogen-bond acceptors (Lipinski definition) is 4. The lowest BCUT2D eigenvalue weighted by Crippen LogP contribution is -2.25. The van der Waals surface area contributed by atoms with Gasteiger partial charge in [-0.25, -0.2) is 4.79 Å². The maximum Gasteiger partial charge on any atom is 0.420 e. The first-order valence-corrected chi connectivity index (χ1v) is 5.35. The van der Waals surface area contributed by atoms with Gasteiger partial charge in [-0.3, -0.25) is 0 Å². The van der Waals surface area contributed by atoms with Crippen molar-refractivity contribution in [3.05, 3.63) is 35.4 Å². The van der Waals surface area contributed by atoms with Crippen molar-refractivity contribution in [2.45, 2.75) is 13.0 Å². The third-order valence-corrected chi connectivity index (χ3v) is 2.26. The summed E-state index contributed by atoms with van der Waals surface area (Å²) in [6.45, 7) is 1.74. The van der Waals surface area contributed by atoms with Gasteiger partial charge in [0.15, 0.2) is 6.10 Å². The summed E-state index contributed by atoms with van der Waals surface area (Å²) in [6.07, 6.45) is -1.37. The van der Waals surface area contributed by atoms with E-state index in [0.29, 0.717) is 11.3 Å². The van der Waals surface area contributed by atoms with Crippen LogP contribution in [0.15, 0.2) is 24.3 Å². The fourth-order valence-electron chi connectivity index (χ4n) is 1.38. The van der Waals surface area contributed by atoms with Crippen LogP contribution in [0.4, 0.5) is 0 Å². The Labute approximate surface area is 104 Å². The predicted molar refractivity (Wildman–Crippen MR) is 63.2 cm³/mol. The zero-order chi connectivity index (χ0) is 13.5. The first-order valence-electron chi connectivity index (χ1n) is 5.35. The molecule has 0 saturated carbocycles. The second-order valence-corrected chi connectivity index (χ2v) is 3.38. The third kappa shape index (κ3) is 3.16. The highest BCUT2D eigenvalue weighted by Gasteiger charge is 2.32. The summed E-state index contributed by atoms with van der Waals surface area (Å²) in [6, 6.07) is 6.46. The molecule has 1 aromatic rings. The Bertz CT molecular complexity index is 481. The van der Waals surface area contributed by atoms with E-state index in [2.05, 4.69) is 9.53 Å². The van der Waals surface area contributed by atoms with Crippen LogP contribution < -0.4 is 4.74 Å². The average Bonchev–Trinajstić information content (AvgIpc) is 2.40. The largest absolute Gasteiger partial charge is 0.497 e. The fourth-order valence-corrected chi connectivity index (χ4v) is 1.38. The monoisotopic (exact) mass is 250 g/mol. The van der Waals surface area contributed by atoms with Crippen molar-refractivity contribution in [3.63, 3.8) is 0 Å². The van der Waals surface area contributed by atoms with Gasteiger partial charge in [-0.2, -0.15) is 4.79 Å². The molecule has 6 nitrogen and oxygen atoms in total. The van der Waals surface area contributed by atoms with Gasteiger partial charge in [0.1, 0.15) is 5.75 Å². The van der Waals surface area contributed by atoms with Crippen molar-refractivity contribution in [3.8, 4) is 5.75 Å². The van der Waals surface area contributed by atoms with Crippen LogP contribution in [0.25, 0.3) is 5.53 Å². The van der Waals surface area contributed by atoms with E-state index in [1.54, 1.807) is 25.1 Å². The molecule has 0 aliphatic carbocycles. The van der Waals surface area contributed by atoms with E-state index >= 15 is 0 Å². The van der Waals surface area contributed by atoms with Gasteiger partial charge in [-0.1, -0.05) is 12.1 Å². The van der Waals surface area contributed by atoms with Crippen molar-refractivity contribution in [2.75, 3.05) is 13.7 Å². The molecule has 1 N–H and O–H groups in total. The number of esters is 1. The van der Waals surface area contributed by atoms with Gasteiger partial charge < -0.3 is 20.1 Å². The first-order chi connectivity index (χ1) is 8.63. The van der Waals surface area contributed by atoms with E-state index in [4.69, 9.17) is 10.3 Å². The molecular formula is C12H14N2O4. The molecule has 96 valence electrons. The van der Waals surface area contributed by atoms with Gasteiger partial charge >= 0.3 is 11.7 Å². The highest BCUT2D eigenvalue weighted by atomic mass is 16.5. The van der Waals surface area contributed by atoms with Crippen LogP contribution >= 0.6 is 0 Å². The van der Waals surface area contributed by atoms with Crippen LogP contribution in [-0.2, 0) is 9.53 Å². The molecule has 0 aliphatic rings. The second-order valence-electron chi connectivity index (χ2n) is 3.38. The molecule has 0 spiro atoms. The lowest BCUT2D eigenvalue weighted by molar-refractivity contribution is -0.141. The number of aliphatic hydroxyl groups is 1. The Kier molecular flexibility index (Phi) is 5.05. The number of carbonyl (C=O) groups is 1. The van der Waals surface area contributed by atoms with E-state index in [-0.39, 0.29) is 6.61 Å². The zero-order valence-corrected chi connectivity index (χ0v) is 10.2. The second kappa shape index (κ2) is 6.54. The van der Waals surface area contributed by atoms with Crippen LogP contribution in [0.1, 0.15) is 18.6 Å². The number of ether oxygens (including phenoxy) is 2. The van der Waals surface area contributed by atoms with Gasteiger partial charge in [0.25, 0.3) is 0 Å². The van der Waals surface area contributed by atoms with Gasteiger partial charge in [-0.05, 0) is 24.6 Å². The van der Waals surface area contributed by atoms with Crippen molar-refractivity contribution < 1.29 is 24.2 Å². The number of nitrogens with zero attached hydrogens (tertiary/aromatic N) is 2. The summed E-state index contributed by atoms with van der Waals surface area (Å²) >= 11 is 0. The molecule has 0 amide bonds. The highest BCUT2D eigenvalue weighted by molar-refractivity contribution is 6.35. The molecule has 0 fully saturated rings. The van der Waals surface area contributed by atoms with E-state index in [1.807, 2.05) is 0 Å². The van der Waals surface area contributed by atoms with Gasteiger partial charge in [-0.15, -0.1) is 0 Å². The van der Waals surface area contributed by atoms with Crippen molar-refractivity contribution in [1.82, 2.24) is 0 Å². The SMILES string of the molecule is CCOC(=O)C(=[N+]=[N-])C(O)c1cccc(OC)c1. The Balaban J connectivity index is 3.00. The molecular weight excluding hydrogens is 236 g/mol. The maximum absolute atomic E-state index is 11.4. The summed E-state index contributed by atoms with van der Waals surface area (Å²) in [4.78, 5) is 14.2. The van der Waals surface area contributed by atoms with Crippen LogP contribution in [0.3, 0.4) is 0 Å². The van der Waals surface area contributed by atoms with Gasteiger partial charge in [0, 0.05) is 0 Å². The summed E-state index contributed by atoms with van der Waals surface area (Å²) in [5.74, 6) is -0.344. The molecule has 1 aromatic carbocycles. The van der Waals surface area contributed by atoms with E-state index in [0.717, 1.165) is 0 Å². The summed E-state index contributed by atoms with van der Waals surface area (Å²) in [5.41, 5.74) is 8.68. The Morgan fingerprint density at radius 3 is 2.83 bits per heavy atom. The molecule has 6 heteroatoms. The smallest absolute Gasteiger partial charge is 0.420 e. The standard InChI is InChI=1S/C12H14N2O4/c1-3-18-12(16)10(14-13)11(15)8-5-4-6-9(7-8)17-2/h4-7,11,15H,3H2,1-2H3. The average molecular weight is 250 g/mol. The van der Waals surface area contributed by atoms with E-state index in [9.17, 15) is 9.90 Å². The Morgan fingerprint density at radius 2 is 2.28 bits per heavy atom. The molecule has 0 heterocycles. The van der Waals surface area contributed by atoms with E-state index < -0.39 is 17.8 Å². The lowest BCUT2D eigenvalue weighted by atomic mass is 10.0. The predicted octanol–water partition coefficient (Wildman–Crippen LogP) is 0.962. The molecule has 0 aromatic heterocycles.